The number of alkyl halides is 2. The summed E-state index contributed by atoms with van der Waals surface area (Å²) in [6.45, 7) is 6.13. The van der Waals surface area contributed by atoms with E-state index >= 15 is 0 Å². The first-order chi connectivity index (χ1) is 24.9. The number of ether oxygens (including phenoxy) is 1. The van der Waals surface area contributed by atoms with Gasteiger partial charge in [0.1, 0.15) is 11.6 Å². The van der Waals surface area contributed by atoms with Crippen LogP contribution < -0.4 is 23.1 Å². The second-order valence-corrected chi connectivity index (χ2v) is 29.0. The number of benzene rings is 2. The number of aliphatic carboxylic acids is 1. The van der Waals surface area contributed by atoms with E-state index in [4.69, 9.17) is 38.0 Å². The minimum atomic E-state index is -0.774. The number of carbonyl (C=O) groups excluding carboxylic acids is 1. The molecule has 54 heavy (non-hydrogen) atoms. The second kappa shape index (κ2) is 29.5. The van der Waals surface area contributed by atoms with Crippen molar-refractivity contribution in [1.82, 2.24) is 19.1 Å². The predicted molar refractivity (Wildman–Crippen MR) is 246 cm³/mol. The quantitative estimate of drug-likeness (QED) is 0.0672. The summed E-state index contributed by atoms with van der Waals surface area (Å²) in [5.41, 5.74) is 5.80. The van der Waals surface area contributed by atoms with Crippen LogP contribution in [0.5, 0.6) is 0 Å². The molecule has 0 radical (unpaired) electrons. The van der Waals surface area contributed by atoms with Crippen LogP contribution in [0.25, 0.3) is 22.1 Å². The fourth-order valence-corrected chi connectivity index (χ4v) is 6.02. The van der Waals surface area contributed by atoms with Gasteiger partial charge in [0.25, 0.3) is 0 Å². The number of fused-ring (bicyclic) bond motifs is 2. The molecule has 0 aliphatic heterocycles. The number of aromatic nitrogens is 4. The van der Waals surface area contributed by atoms with Crippen molar-refractivity contribution in [1.29, 1.82) is 0 Å². The summed E-state index contributed by atoms with van der Waals surface area (Å²) in [5, 5.41) is 27.1. The van der Waals surface area contributed by atoms with Gasteiger partial charge in [0.05, 0.1) is 41.4 Å². The molecule has 0 fully saturated rings. The molecule has 0 bridgehead atoms. The van der Waals surface area contributed by atoms with E-state index in [0.717, 1.165) is 58.2 Å². The van der Waals surface area contributed by atoms with E-state index in [1.807, 2.05) is 78.4 Å². The van der Waals surface area contributed by atoms with Crippen LogP contribution in [0.15, 0.2) is 36.4 Å². The van der Waals surface area contributed by atoms with Crippen molar-refractivity contribution in [2.45, 2.75) is 65.9 Å². The number of rotatable bonds is 19. The maximum atomic E-state index is 11.6. The number of halogens is 6. The van der Waals surface area contributed by atoms with E-state index in [0.29, 0.717) is 70.2 Å². The fraction of sp³-hybridized carbons (Fsp3) is 0.556. The minimum absolute atomic E-state index is 0. The van der Waals surface area contributed by atoms with Crippen molar-refractivity contribution in [2.24, 2.45) is 14.1 Å². The standard InChI is InChI=1S/C19H29N3O4.C16H21Cl2N3O2.CH4.I3.HI/c1-14(2)26-19(25)6-4-5-18-20-16-13-15(7-8-17(16)21(18)3)22(9-11-23)10-12-24;1-20-14-6-5-12(21(9-7-17)10-8-18)11-13(14)19-15(20)3-2-4-16(22)23;;1-3-2;/h7-8,13-14,23-24H,4-6,9-12H2,1-3H3;5-6,11H,2-4,7-10H2,1H3,(H,22,23);1H4;;1H/q;;;-1;. The van der Waals surface area contributed by atoms with Crippen LogP contribution in [0, 0.1) is 0 Å². The van der Waals surface area contributed by atoms with Gasteiger partial charge in [-0.2, -0.15) is 0 Å². The number of aliphatic hydroxyl groups excluding tert-OH is 2. The Kier molecular flexibility index (Phi) is 29.2. The molecule has 0 atom stereocenters. The number of hydrogen-bond donors (Lipinski definition) is 3. The molecule has 2 aromatic carbocycles. The molecular weight excluding hydrogens is 1190 g/mol. The first kappa shape index (κ1) is 53.3. The molecule has 4 rings (SSSR count). The topological polar surface area (TPSA) is 146 Å². The first-order valence-corrected chi connectivity index (χ1v) is 30.6. The third-order valence-corrected chi connectivity index (χ3v) is 8.37. The Morgan fingerprint density at radius 2 is 1.22 bits per heavy atom. The molecular formula is C36H55Cl2I4N6O6-. The average Bonchev–Trinajstić information content (AvgIpc) is 3.58. The molecule has 12 nitrogen and oxygen atoms in total. The Balaban J connectivity index is 0.000000942. The Bertz CT molecular complexity index is 1670. The molecule has 4 aromatic rings. The second-order valence-electron chi connectivity index (χ2n) is 12.0. The number of aliphatic hydroxyl groups is 2. The summed E-state index contributed by atoms with van der Waals surface area (Å²) < 4.78 is 9.21. The van der Waals surface area contributed by atoms with Crippen molar-refractivity contribution in [2.75, 3.05) is 61.0 Å². The van der Waals surface area contributed by atoms with Crippen LogP contribution in [-0.2, 0) is 41.3 Å². The predicted octanol–water partition coefficient (Wildman–Crippen LogP) is 4.93. The van der Waals surface area contributed by atoms with Gasteiger partial charge in [0.15, 0.2) is 0 Å². The van der Waals surface area contributed by atoms with Crippen molar-refractivity contribution >= 4 is 130 Å². The molecule has 308 valence electrons. The van der Waals surface area contributed by atoms with Gasteiger partial charge in [-0.05, 0) is 63.1 Å². The monoisotopic (exact) mass is 1240 g/mol. The molecule has 0 aliphatic rings. The number of nitrogens with zero attached hydrogens (tertiary/aromatic N) is 6. The number of esters is 1. The number of carboxylic acid groups (broad SMARTS) is 1. The maximum absolute atomic E-state index is 11.6. The zero-order chi connectivity index (χ0) is 38.6. The van der Waals surface area contributed by atoms with E-state index < -0.39 is 5.97 Å². The summed E-state index contributed by atoms with van der Waals surface area (Å²) >= 11 is 17.0. The molecule has 0 spiro atoms. The summed E-state index contributed by atoms with van der Waals surface area (Å²) in [4.78, 5) is 35.7. The third kappa shape index (κ3) is 17.9. The Morgan fingerprint density at radius 3 is 1.59 bits per heavy atom. The zero-order valence-electron chi connectivity index (χ0n) is 30.5. The Morgan fingerprint density at radius 1 is 0.815 bits per heavy atom. The molecule has 18 heteroatoms. The average molecular weight is 1250 g/mol. The van der Waals surface area contributed by atoms with Gasteiger partial charge in [0, 0.05) is 89.1 Å². The molecule has 2 aromatic heterocycles. The number of carboxylic acids is 1. The van der Waals surface area contributed by atoms with Gasteiger partial charge in [-0.15, -0.1) is 47.2 Å². The van der Waals surface area contributed by atoms with E-state index in [-0.39, 0.29) is 63.1 Å². The molecule has 0 saturated carbocycles. The van der Waals surface area contributed by atoms with E-state index in [9.17, 15) is 19.8 Å². The zero-order valence-corrected chi connectivity index (χ0v) is 40.8. The summed E-state index contributed by atoms with van der Waals surface area (Å²) in [6.07, 6.45) is 3.09. The van der Waals surface area contributed by atoms with E-state index in [2.05, 4.69) is 47.1 Å². The van der Waals surface area contributed by atoms with Crippen LogP contribution in [0.4, 0.5) is 11.4 Å². The number of anilines is 2. The SMILES string of the molecule is C.CC(C)OC(=O)CCCc1nc2cc(N(CCO)CCO)ccc2n1C.Cn1c(CCCC(=O)O)nc2cc(N(CCCl)CCCl)ccc21.I.I[I-]I. The van der Waals surface area contributed by atoms with Crippen molar-refractivity contribution in [3.05, 3.63) is 48.0 Å². The first-order valence-electron chi connectivity index (χ1n) is 17.0. The van der Waals surface area contributed by atoms with E-state index in [1.54, 1.807) is 0 Å². The van der Waals surface area contributed by atoms with Crippen molar-refractivity contribution < 1.29 is 42.9 Å². The summed E-state index contributed by atoms with van der Waals surface area (Å²) in [6, 6.07) is 12.1. The number of hydrogen-bond acceptors (Lipinski definition) is 9. The van der Waals surface area contributed by atoms with Gasteiger partial charge >= 0.3 is 62.4 Å². The van der Waals surface area contributed by atoms with Crippen LogP contribution in [0.3, 0.4) is 0 Å². The van der Waals surface area contributed by atoms with Gasteiger partial charge in [-0.3, -0.25) is 9.59 Å². The van der Waals surface area contributed by atoms with Crippen molar-refractivity contribution in [3.8, 4) is 0 Å². The Labute approximate surface area is 376 Å². The van der Waals surface area contributed by atoms with Crippen LogP contribution in [-0.4, -0.2) is 104 Å². The van der Waals surface area contributed by atoms with Crippen LogP contribution >= 0.6 is 84.4 Å². The van der Waals surface area contributed by atoms with Crippen molar-refractivity contribution in [3.63, 3.8) is 0 Å². The van der Waals surface area contributed by atoms with E-state index in [1.165, 1.54) is 0 Å². The number of aryl methyl sites for hydroxylation is 4. The number of carbonyl (C=O) groups is 2. The molecule has 0 aliphatic carbocycles. The fourth-order valence-electron chi connectivity index (χ4n) is 5.61. The van der Waals surface area contributed by atoms with Gasteiger partial charge in [0.2, 0.25) is 0 Å². The molecule has 3 N–H and O–H groups in total. The third-order valence-electron chi connectivity index (χ3n) is 8.03. The van der Waals surface area contributed by atoms with Gasteiger partial charge in [-0.1, -0.05) is 7.43 Å². The molecule has 0 unspecified atom stereocenters. The molecule has 0 saturated heterocycles. The summed E-state index contributed by atoms with van der Waals surface area (Å²) in [7, 11) is 3.93. The normalized spacial score (nSPS) is 10.6. The van der Waals surface area contributed by atoms with Crippen LogP contribution in [0.1, 0.15) is 58.6 Å². The van der Waals surface area contributed by atoms with Gasteiger partial charge < -0.3 is 39.0 Å². The van der Waals surface area contributed by atoms with Gasteiger partial charge in [-0.25, -0.2) is 9.97 Å². The summed E-state index contributed by atoms with van der Waals surface area (Å²) in [5.74, 6) is 1.95. The molecule has 2 heterocycles. The van der Waals surface area contributed by atoms with Crippen LogP contribution in [0.2, 0.25) is 0 Å². The number of imidazole rings is 2. The molecule has 0 amide bonds. The Hall–Kier alpha value is -0.660.